The Kier molecular flexibility index (Phi) is 2.56. The average molecular weight is 255 g/mol. The summed E-state index contributed by atoms with van der Waals surface area (Å²) in [4.78, 5) is 13.3. The minimum atomic E-state index is 0.142. The van der Waals surface area contributed by atoms with Crippen molar-refractivity contribution in [1.29, 1.82) is 0 Å². The van der Waals surface area contributed by atoms with Gasteiger partial charge in [-0.2, -0.15) is 0 Å². The van der Waals surface area contributed by atoms with E-state index in [4.69, 9.17) is 5.73 Å². The largest absolute Gasteiger partial charge is 0.329 e. The summed E-state index contributed by atoms with van der Waals surface area (Å²) in [6.45, 7) is 1.11. The molecule has 14 heavy (non-hydrogen) atoms. The van der Waals surface area contributed by atoms with Crippen molar-refractivity contribution in [3.8, 4) is 0 Å². The minimum absolute atomic E-state index is 0.142. The van der Waals surface area contributed by atoms with Gasteiger partial charge in [-0.1, -0.05) is 15.9 Å². The molecule has 0 unspecified atom stereocenters. The summed E-state index contributed by atoms with van der Waals surface area (Å²) in [5.74, 6) is 0.142. The van der Waals surface area contributed by atoms with E-state index in [2.05, 4.69) is 15.9 Å². The molecule has 0 radical (unpaired) electrons. The zero-order valence-electron chi connectivity index (χ0n) is 7.66. The molecule has 0 fully saturated rings. The Morgan fingerprint density at radius 1 is 1.50 bits per heavy atom. The number of amides is 1. The molecule has 0 saturated carbocycles. The van der Waals surface area contributed by atoms with Crippen LogP contribution in [0.15, 0.2) is 22.7 Å². The fourth-order valence-electron chi connectivity index (χ4n) is 1.73. The lowest BCUT2D eigenvalue weighted by molar-refractivity contribution is -0.117. The van der Waals surface area contributed by atoms with Gasteiger partial charge in [0.25, 0.3) is 0 Å². The van der Waals surface area contributed by atoms with Crippen molar-refractivity contribution in [3.05, 3.63) is 28.2 Å². The molecule has 1 aromatic carbocycles. The molecule has 1 aromatic rings. The van der Waals surface area contributed by atoms with Crippen molar-refractivity contribution in [2.75, 3.05) is 18.0 Å². The third-order valence-corrected chi connectivity index (χ3v) is 2.82. The second-order valence-corrected chi connectivity index (χ2v) is 4.20. The quantitative estimate of drug-likeness (QED) is 0.865. The van der Waals surface area contributed by atoms with Gasteiger partial charge in [-0.3, -0.25) is 4.79 Å². The van der Waals surface area contributed by atoms with Crippen molar-refractivity contribution >= 4 is 27.5 Å². The van der Waals surface area contributed by atoms with Crippen LogP contribution >= 0.6 is 15.9 Å². The lowest BCUT2D eigenvalue weighted by Crippen LogP contribution is -2.31. The van der Waals surface area contributed by atoms with Crippen LogP contribution in [0.4, 0.5) is 5.69 Å². The van der Waals surface area contributed by atoms with Gasteiger partial charge in [-0.25, -0.2) is 0 Å². The van der Waals surface area contributed by atoms with Gasteiger partial charge in [-0.05, 0) is 23.8 Å². The molecular weight excluding hydrogens is 244 g/mol. The summed E-state index contributed by atoms with van der Waals surface area (Å²) < 4.78 is 1.01. The topological polar surface area (TPSA) is 46.3 Å². The van der Waals surface area contributed by atoms with Crippen LogP contribution in [0.25, 0.3) is 0 Å². The Hall–Kier alpha value is -0.870. The van der Waals surface area contributed by atoms with Crippen molar-refractivity contribution in [2.24, 2.45) is 5.73 Å². The van der Waals surface area contributed by atoms with E-state index in [-0.39, 0.29) is 5.91 Å². The van der Waals surface area contributed by atoms with Crippen molar-refractivity contribution in [3.63, 3.8) is 0 Å². The number of fused-ring (bicyclic) bond motifs is 1. The molecule has 1 aliphatic rings. The SMILES string of the molecule is NCCN1C(=O)Cc2cc(Br)ccc21. The number of hydrogen-bond acceptors (Lipinski definition) is 2. The lowest BCUT2D eigenvalue weighted by Gasteiger charge is -2.15. The van der Waals surface area contributed by atoms with Crippen molar-refractivity contribution in [1.82, 2.24) is 0 Å². The highest BCUT2D eigenvalue weighted by atomic mass is 79.9. The van der Waals surface area contributed by atoms with Gasteiger partial charge in [0, 0.05) is 23.2 Å². The van der Waals surface area contributed by atoms with Crippen LogP contribution in [0.2, 0.25) is 0 Å². The number of anilines is 1. The summed E-state index contributed by atoms with van der Waals surface area (Å²) in [6, 6.07) is 5.89. The second-order valence-electron chi connectivity index (χ2n) is 3.28. The zero-order valence-corrected chi connectivity index (χ0v) is 9.25. The normalized spacial score (nSPS) is 14.7. The molecule has 0 saturated heterocycles. The maximum atomic E-state index is 11.6. The Bertz CT molecular complexity index is 378. The summed E-state index contributed by atoms with van der Waals surface area (Å²) in [6.07, 6.45) is 0.495. The Morgan fingerprint density at radius 2 is 2.29 bits per heavy atom. The highest BCUT2D eigenvalue weighted by Crippen LogP contribution is 2.30. The fraction of sp³-hybridized carbons (Fsp3) is 0.300. The number of carbonyl (C=O) groups excluding carboxylic acids is 1. The Labute approximate surface area is 91.0 Å². The predicted molar refractivity (Wildman–Crippen MR) is 59.3 cm³/mol. The van der Waals surface area contributed by atoms with Crippen LogP contribution in [-0.4, -0.2) is 19.0 Å². The zero-order chi connectivity index (χ0) is 10.1. The van der Waals surface area contributed by atoms with Crippen LogP contribution in [0.3, 0.4) is 0 Å². The van der Waals surface area contributed by atoms with E-state index < -0.39 is 0 Å². The van der Waals surface area contributed by atoms with E-state index in [1.54, 1.807) is 4.90 Å². The standard InChI is InChI=1S/C10H11BrN2O/c11-8-1-2-9-7(5-8)6-10(14)13(9)4-3-12/h1-2,5H,3-4,6,12H2. The molecule has 0 bridgehead atoms. The monoisotopic (exact) mass is 254 g/mol. The first-order valence-corrected chi connectivity index (χ1v) is 5.30. The number of halogens is 1. The number of hydrogen-bond donors (Lipinski definition) is 1. The first kappa shape index (κ1) is 9.68. The van der Waals surface area contributed by atoms with E-state index in [0.717, 1.165) is 15.7 Å². The molecule has 1 aliphatic heterocycles. The molecule has 0 aliphatic carbocycles. The van der Waals surface area contributed by atoms with Gasteiger partial charge in [0.05, 0.1) is 6.42 Å². The molecule has 4 heteroatoms. The second kappa shape index (κ2) is 3.71. The van der Waals surface area contributed by atoms with Crippen LogP contribution in [0, 0.1) is 0 Å². The number of carbonyl (C=O) groups is 1. The molecule has 0 spiro atoms. The molecule has 0 atom stereocenters. The minimum Gasteiger partial charge on any atom is -0.329 e. The average Bonchev–Trinajstić information content (AvgIpc) is 2.43. The highest BCUT2D eigenvalue weighted by molar-refractivity contribution is 9.10. The van der Waals surface area contributed by atoms with Crippen LogP contribution in [0.5, 0.6) is 0 Å². The van der Waals surface area contributed by atoms with Gasteiger partial charge in [0.15, 0.2) is 0 Å². The van der Waals surface area contributed by atoms with Crippen LogP contribution in [0.1, 0.15) is 5.56 Å². The van der Waals surface area contributed by atoms with Crippen LogP contribution < -0.4 is 10.6 Å². The molecule has 2 rings (SSSR count). The summed E-state index contributed by atoms with van der Waals surface area (Å²) in [7, 11) is 0. The van der Waals surface area contributed by atoms with Gasteiger partial charge < -0.3 is 10.6 Å². The number of nitrogens with two attached hydrogens (primary N) is 1. The maximum Gasteiger partial charge on any atom is 0.231 e. The number of rotatable bonds is 2. The van der Waals surface area contributed by atoms with Gasteiger partial charge >= 0.3 is 0 Å². The number of benzene rings is 1. The smallest absolute Gasteiger partial charge is 0.231 e. The molecular formula is C10H11BrN2O. The molecule has 1 amide bonds. The fourth-order valence-corrected chi connectivity index (χ4v) is 2.13. The van der Waals surface area contributed by atoms with E-state index >= 15 is 0 Å². The Balaban J connectivity index is 2.37. The highest BCUT2D eigenvalue weighted by Gasteiger charge is 2.26. The van der Waals surface area contributed by atoms with Gasteiger partial charge in [-0.15, -0.1) is 0 Å². The van der Waals surface area contributed by atoms with Gasteiger partial charge in [0.1, 0.15) is 0 Å². The molecule has 74 valence electrons. The van der Waals surface area contributed by atoms with Crippen molar-refractivity contribution < 1.29 is 4.79 Å². The Morgan fingerprint density at radius 3 is 3.00 bits per heavy atom. The molecule has 2 N–H and O–H groups in total. The lowest BCUT2D eigenvalue weighted by atomic mass is 10.2. The molecule has 1 heterocycles. The number of nitrogens with zero attached hydrogens (tertiary/aromatic N) is 1. The summed E-state index contributed by atoms with van der Waals surface area (Å²) in [5.41, 5.74) is 7.54. The summed E-state index contributed by atoms with van der Waals surface area (Å²) in [5, 5.41) is 0. The third kappa shape index (κ3) is 1.55. The first-order chi connectivity index (χ1) is 6.72. The molecule has 3 nitrogen and oxygen atoms in total. The maximum absolute atomic E-state index is 11.6. The predicted octanol–water partition coefficient (Wildman–Crippen LogP) is 1.30. The van der Waals surface area contributed by atoms with E-state index in [1.807, 2.05) is 18.2 Å². The van der Waals surface area contributed by atoms with Crippen molar-refractivity contribution in [2.45, 2.75) is 6.42 Å². The summed E-state index contributed by atoms with van der Waals surface area (Å²) >= 11 is 3.39. The van der Waals surface area contributed by atoms with E-state index in [9.17, 15) is 4.79 Å². The van der Waals surface area contributed by atoms with Gasteiger partial charge in [0.2, 0.25) is 5.91 Å². The third-order valence-electron chi connectivity index (χ3n) is 2.33. The van der Waals surface area contributed by atoms with Crippen LogP contribution in [-0.2, 0) is 11.2 Å². The first-order valence-electron chi connectivity index (χ1n) is 4.51. The molecule has 0 aromatic heterocycles. The van der Waals surface area contributed by atoms with E-state index in [1.165, 1.54) is 0 Å². The van der Waals surface area contributed by atoms with E-state index in [0.29, 0.717) is 19.5 Å².